The fourth-order valence-corrected chi connectivity index (χ4v) is 3.06. The van der Waals surface area contributed by atoms with Gasteiger partial charge in [-0.3, -0.25) is 18.9 Å². The first-order valence-electron chi connectivity index (χ1n) is 9.54. The number of aromatic nitrogens is 2. The van der Waals surface area contributed by atoms with Crippen LogP contribution in [0.2, 0.25) is 0 Å². The van der Waals surface area contributed by atoms with Gasteiger partial charge in [0.15, 0.2) is 5.69 Å². The van der Waals surface area contributed by atoms with Crippen LogP contribution in [0, 0.1) is 0 Å². The molecular formula is C19H27N5O3. The summed E-state index contributed by atoms with van der Waals surface area (Å²) in [5.41, 5.74) is 0.903. The van der Waals surface area contributed by atoms with Crippen molar-refractivity contribution in [3.63, 3.8) is 0 Å². The summed E-state index contributed by atoms with van der Waals surface area (Å²) in [5.74, 6) is -0.295. The number of carbonyl (C=O) groups excluding carboxylic acids is 2. The number of pyridine rings is 1. The highest BCUT2D eigenvalue weighted by molar-refractivity contribution is 6.02. The highest BCUT2D eigenvalue weighted by Crippen LogP contribution is 2.13. The normalized spacial score (nSPS) is 15.0. The number of carbonyl (C=O) groups is 2. The zero-order valence-electron chi connectivity index (χ0n) is 15.7. The number of hydrogen-bond donors (Lipinski definition) is 2. The van der Waals surface area contributed by atoms with E-state index in [1.54, 1.807) is 16.7 Å². The minimum atomic E-state index is -0.267. The van der Waals surface area contributed by atoms with Gasteiger partial charge < -0.3 is 15.4 Å². The Morgan fingerprint density at radius 2 is 1.93 bits per heavy atom. The number of fused-ring (bicyclic) bond motifs is 1. The lowest BCUT2D eigenvalue weighted by atomic mass is 10.3. The zero-order valence-corrected chi connectivity index (χ0v) is 15.7. The van der Waals surface area contributed by atoms with Crippen LogP contribution in [0.5, 0.6) is 0 Å². The van der Waals surface area contributed by atoms with Crippen LogP contribution in [-0.4, -0.2) is 72.0 Å². The maximum absolute atomic E-state index is 12.6. The van der Waals surface area contributed by atoms with Gasteiger partial charge in [0, 0.05) is 38.9 Å². The lowest BCUT2D eigenvalue weighted by Crippen LogP contribution is -2.41. The van der Waals surface area contributed by atoms with Crippen LogP contribution in [0.25, 0.3) is 5.52 Å². The molecule has 3 rings (SSSR count). The number of unbranched alkanes of at least 4 members (excludes halogenated alkanes) is 1. The largest absolute Gasteiger partial charge is 0.379 e. The fraction of sp³-hybridized carbons (Fsp3) is 0.526. The molecule has 1 fully saturated rings. The van der Waals surface area contributed by atoms with E-state index in [9.17, 15) is 9.59 Å². The molecule has 0 aliphatic carbocycles. The molecule has 8 heteroatoms. The number of amides is 2. The van der Waals surface area contributed by atoms with Crippen molar-refractivity contribution >= 4 is 17.3 Å². The Bertz CT molecular complexity index is 783. The molecule has 1 aliphatic heterocycles. The van der Waals surface area contributed by atoms with Gasteiger partial charge in [0.1, 0.15) is 0 Å². The van der Waals surface area contributed by atoms with E-state index >= 15 is 0 Å². The van der Waals surface area contributed by atoms with Crippen LogP contribution in [0.4, 0.5) is 0 Å². The minimum absolute atomic E-state index is 0.236. The zero-order chi connectivity index (χ0) is 19.1. The van der Waals surface area contributed by atoms with Gasteiger partial charge in [0.25, 0.3) is 11.8 Å². The molecule has 8 nitrogen and oxygen atoms in total. The highest BCUT2D eigenvalue weighted by atomic mass is 16.5. The smallest absolute Gasteiger partial charge is 0.287 e. The monoisotopic (exact) mass is 373 g/mol. The molecule has 2 aromatic rings. The SMILES string of the molecule is CCCCNC(=O)c1nc(C(=O)NCCN2CCOCC2)c2ccccn12. The molecular weight excluding hydrogens is 346 g/mol. The first kappa shape index (κ1) is 19.3. The van der Waals surface area contributed by atoms with Crippen molar-refractivity contribution in [1.29, 1.82) is 0 Å². The van der Waals surface area contributed by atoms with Crippen molar-refractivity contribution < 1.29 is 14.3 Å². The second kappa shape index (κ2) is 9.48. The van der Waals surface area contributed by atoms with E-state index in [0.717, 1.165) is 45.7 Å². The van der Waals surface area contributed by atoms with Gasteiger partial charge in [-0.05, 0) is 18.6 Å². The van der Waals surface area contributed by atoms with Gasteiger partial charge in [0.05, 0.1) is 18.7 Å². The van der Waals surface area contributed by atoms with Gasteiger partial charge in [-0.25, -0.2) is 4.98 Å². The average Bonchev–Trinajstić information content (AvgIpc) is 3.09. The second-order valence-corrected chi connectivity index (χ2v) is 6.56. The Hall–Kier alpha value is -2.45. The molecule has 27 heavy (non-hydrogen) atoms. The van der Waals surface area contributed by atoms with Crippen molar-refractivity contribution in [3.8, 4) is 0 Å². The fourth-order valence-electron chi connectivity index (χ4n) is 3.06. The van der Waals surface area contributed by atoms with Gasteiger partial charge in [-0.2, -0.15) is 0 Å². The Balaban J connectivity index is 1.68. The van der Waals surface area contributed by atoms with E-state index in [0.29, 0.717) is 18.6 Å². The number of hydrogen-bond acceptors (Lipinski definition) is 5. The van der Waals surface area contributed by atoms with E-state index in [2.05, 4.69) is 27.4 Å². The van der Waals surface area contributed by atoms with E-state index in [-0.39, 0.29) is 23.3 Å². The first-order chi connectivity index (χ1) is 13.2. The molecule has 2 amide bonds. The molecule has 0 radical (unpaired) electrons. The number of ether oxygens (including phenoxy) is 1. The third kappa shape index (κ3) is 4.84. The third-order valence-electron chi connectivity index (χ3n) is 4.60. The minimum Gasteiger partial charge on any atom is -0.379 e. The maximum atomic E-state index is 12.6. The van der Waals surface area contributed by atoms with E-state index in [4.69, 9.17) is 4.74 Å². The van der Waals surface area contributed by atoms with Gasteiger partial charge in [0.2, 0.25) is 5.82 Å². The topological polar surface area (TPSA) is 88.0 Å². The Labute approximate surface area is 158 Å². The molecule has 0 saturated carbocycles. The van der Waals surface area contributed by atoms with Crippen molar-refractivity contribution in [2.24, 2.45) is 0 Å². The van der Waals surface area contributed by atoms with Crippen molar-refractivity contribution in [2.75, 3.05) is 45.9 Å². The van der Waals surface area contributed by atoms with Crippen LogP contribution < -0.4 is 10.6 Å². The molecule has 0 bridgehead atoms. The standard InChI is InChI=1S/C19H27N5O3/c1-2-3-7-20-19(26)17-22-16(15-6-4-5-9-24(15)17)18(25)21-8-10-23-11-13-27-14-12-23/h4-6,9H,2-3,7-8,10-14H2,1H3,(H,20,26)(H,21,25). The molecule has 2 aromatic heterocycles. The van der Waals surface area contributed by atoms with Gasteiger partial charge in [-0.1, -0.05) is 19.4 Å². The molecule has 0 aromatic carbocycles. The average molecular weight is 373 g/mol. The number of nitrogens with zero attached hydrogens (tertiary/aromatic N) is 3. The molecule has 3 heterocycles. The number of rotatable bonds is 8. The molecule has 2 N–H and O–H groups in total. The third-order valence-corrected chi connectivity index (χ3v) is 4.60. The molecule has 146 valence electrons. The van der Waals surface area contributed by atoms with Crippen LogP contribution in [0.15, 0.2) is 24.4 Å². The molecule has 0 atom stereocenters. The van der Waals surface area contributed by atoms with E-state index in [1.807, 2.05) is 12.1 Å². The summed E-state index contributed by atoms with van der Waals surface area (Å²) < 4.78 is 6.99. The first-order valence-corrected chi connectivity index (χ1v) is 9.54. The summed E-state index contributed by atoms with van der Waals surface area (Å²) >= 11 is 0. The summed E-state index contributed by atoms with van der Waals surface area (Å²) in [6, 6.07) is 5.45. The Kier molecular flexibility index (Phi) is 6.78. The van der Waals surface area contributed by atoms with Crippen LogP contribution in [-0.2, 0) is 4.74 Å². The highest BCUT2D eigenvalue weighted by Gasteiger charge is 2.21. The number of morpholine rings is 1. The van der Waals surface area contributed by atoms with Crippen molar-refractivity contribution in [2.45, 2.75) is 19.8 Å². The summed E-state index contributed by atoms with van der Waals surface area (Å²) in [7, 11) is 0. The number of imidazole rings is 1. The predicted molar refractivity (Wildman–Crippen MR) is 102 cm³/mol. The lowest BCUT2D eigenvalue weighted by molar-refractivity contribution is 0.0383. The Morgan fingerprint density at radius 3 is 2.70 bits per heavy atom. The molecule has 0 unspecified atom stereocenters. The van der Waals surface area contributed by atoms with Crippen molar-refractivity contribution in [3.05, 3.63) is 35.9 Å². The number of nitrogens with one attached hydrogen (secondary N) is 2. The van der Waals surface area contributed by atoms with Crippen LogP contribution in [0.3, 0.4) is 0 Å². The van der Waals surface area contributed by atoms with Crippen molar-refractivity contribution in [1.82, 2.24) is 24.9 Å². The van der Waals surface area contributed by atoms with Crippen LogP contribution >= 0.6 is 0 Å². The summed E-state index contributed by atoms with van der Waals surface area (Å²) in [4.78, 5) is 31.7. The summed E-state index contributed by atoms with van der Waals surface area (Å²) in [5, 5.41) is 5.77. The maximum Gasteiger partial charge on any atom is 0.287 e. The molecule has 0 spiro atoms. The second-order valence-electron chi connectivity index (χ2n) is 6.56. The van der Waals surface area contributed by atoms with E-state index < -0.39 is 0 Å². The van der Waals surface area contributed by atoms with E-state index in [1.165, 1.54) is 0 Å². The van der Waals surface area contributed by atoms with Gasteiger partial charge in [-0.15, -0.1) is 0 Å². The van der Waals surface area contributed by atoms with Crippen LogP contribution in [0.1, 0.15) is 40.9 Å². The summed E-state index contributed by atoms with van der Waals surface area (Å²) in [6.07, 6.45) is 3.66. The summed E-state index contributed by atoms with van der Waals surface area (Å²) in [6.45, 7) is 7.19. The van der Waals surface area contributed by atoms with Gasteiger partial charge >= 0.3 is 0 Å². The quantitative estimate of drug-likeness (QED) is 0.672. The predicted octanol–water partition coefficient (Wildman–Crippen LogP) is 0.926. The Morgan fingerprint density at radius 1 is 1.15 bits per heavy atom. The lowest BCUT2D eigenvalue weighted by Gasteiger charge is -2.26. The molecule has 1 saturated heterocycles. The molecule has 1 aliphatic rings.